The molecule has 1 rings (SSSR count). The molecule has 0 fully saturated rings. The predicted octanol–water partition coefficient (Wildman–Crippen LogP) is 0.503. The van der Waals surface area contributed by atoms with Crippen molar-refractivity contribution in [1.29, 1.82) is 0 Å². The summed E-state index contributed by atoms with van der Waals surface area (Å²) < 4.78 is 26.2. The minimum Gasteiger partial charge on any atom is -0.363 e. The van der Waals surface area contributed by atoms with Gasteiger partial charge in [0, 0.05) is 30.2 Å². The number of aromatic nitrogens is 1. The Balaban J connectivity index is 2.70. The molecule has 1 unspecified atom stereocenters. The van der Waals surface area contributed by atoms with E-state index in [-0.39, 0.29) is 10.1 Å². The second-order valence-corrected chi connectivity index (χ2v) is 6.51. The molecule has 1 heterocycles. The van der Waals surface area contributed by atoms with Crippen LogP contribution in [0.5, 0.6) is 0 Å². The van der Waals surface area contributed by atoms with E-state index in [1.807, 2.05) is 13.2 Å². The monoisotopic (exact) mass is 263 g/mol. The van der Waals surface area contributed by atoms with Gasteiger partial charge in [0.2, 0.25) is 10.0 Å². The van der Waals surface area contributed by atoms with Crippen LogP contribution in [0.2, 0.25) is 0 Å². The molecule has 0 saturated carbocycles. The molecule has 0 spiro atoms. The van der Waals surface area contributed by atoms with E-state index in [4.69, 9.17) is 5.73 Å². The number of nitrogens with two attached hydrogens (primary N) is 1. The van der Waals surface area contributed by atoms with Crippen molar-refractivity contribution in [3.8, 4) is 0 Å². The summed E-state index contributed by atoms with van der Waals surface area (Å²) in [6.45, 7) is 2.69. The Kier molecular flexibility index (Phi) is 4.85. The van der Waals surface area contributed by atoms with Gasteiger partial charge in [-0.3, -0.25) is 0 Å². The van der Waals surface area contributed by atoms with Crippen LogP contribution >= 0.6 is 11.8 Å². The Labute approximate surface area is 100 Å². The first-order valence-corrected chi connectivity index (χ1v) is 7.66. The van der Waals surface area contributed by atoms with Crippen LogP contribution in [0.15, 0.2) is 17.2 Å². The number of aromatic amines is 1. The number of hydrogen-bond acceptors (Lipinski definition) is 4. The predicted molar refractivity (Wildman–Crippen MR) is 66.8 cm³/mol. The molecule has 0 aliphatic carbocycles. The Morgan fingerprint density at radius 2 is 2.31 bits per heavy atom. The van der Waals surface area contributed by atoms with Gasteiger partial charge in [-0.1, -0.05) is 6.92 Å². The van der Waals surface area contributed by atoms with Gasteiger partial charge in [-0.25, -0.2) is 13.1 Å². The summed E-state index contributed by atoms with van der Waals surface area (Å²) in [6, 6.07) is 1.55. The third-order valence-electron chi connectivity index (χ3n) is 2.21. The van der Waals surface area contributed by atoms with Crippen LogP contribution in [-0.2, 0) is 16.6 Å². The molecule has 0 aliphatic rings. The molecule has 0 bridgehead atoms. The zero-order chi connectivity index (χ0) is 12.2. The van der Waals surface area contributed by atoms with Crippen LogP contribution < -0.4 is 10.5 Å². The highest BCUT2D eigenvalue weighted by Gasteiger charge is 2.16. The van der Waals surface area contributed by atoms with Gasteiger partial charge in [0.05, 0.1) is 4.90 Å². The summed E-state index contributed by atoms with van der Waals surface area (Å²) >= 11 is 1.62. The van der Waals surface area contributed by atoms with Crippen molar-refractivity contribution >= 4 is 21.8 Å². The van der Waals surface area contributed by atoms with Crippen LogP contribution in [0.1, 0.15) is 12.6 Å². The average Bonchev–Trinajstić information content (AvgIpc) is 2.75. The van der Waals surface area contributed by atoms with Gasteiger partial charge < -0.3 is 10.7 Å². The Morgan fingerprint density at radius 1 is 1.62 bits per heavy atom. The van der Waals surface area contributed by atoms with E-state index in [9.17, 15) is 8.42 Å². The average molecular weight is 263 g/mol. The third-order valence-corrected chi connectivity index (χ3v) is 4.58. The van der Waals surface area contributed by atoms with Crippen molar-refractivity contribution in [2.75, 3.05) is 12.8 Å². The van der Waals surface area contributed by atoms with E-state index in [2.05, 4.69) is 9.71 Å². The lowest BCUT2D eigenvalue weighted by Gasteiger charge is -2.09. The summed E-state index contributed by atoms with van der Waals surface area (Å²) in [6.07, 6.45) is 3.40. The summed E-state index contributed by atoms with van der Waals surface area (Å²) in [5.74, 6) is 0. The number of H-pyrrole nitrogens is 1. The first-order valence-electron chi connectivity index (χ1n) is 4.89. The maximum atomic E-state index is 11.8. The molecular weight excluding hydrogens is 246 g/mol. The quantitative estimate of drug-likeness (QED) is 0.697. The minimum absolute atomic E-state index is 0.237. The second kappa shape index (κ2) is 5.72. The molecule has 0 radical (unpaired) electrons. The fourth-order valence-electron chi connectivity index (χ4n) is 1.09. The Hall–Kier alpha value is -0.500. The maximum Gasteiger partial charge on any atom is 0.242 e. The SMILES string of the molecule is CSC(C)CNS(=O)(=O)c1c[nH]c(CN)c1. The van der Waals surface area contributed by atoms with Gasteiger partial charge in [-0.2, -0.15) is 11.8 Å². The van der Waals surface area contributed by atoms with Gasteiger partial charge in [0.1, 0.15) is 0 Å². The van der Waals surface area contributed by atoms with Gasteiger partial charge in [-0.05, 0) is 12.3 Å². The van der Waals surface area contributed by atoms with Crippen molar-refractivity contribution in [2.45, 2.75) is 23.6 Å². The van der Waals surface area contributed by atoms with Crippen molar-refractivity contribution in [3.63, 3.8) is 0 Å². The molecule has 5 nitrogen and oxygen atoms in total. The van der Waals surface area contributed by atoms with E-state index >= 15 is 0 Å². The molecule has 0 aliphatic heterocycles. The van der Waals surface area contributed by atoms with E-state index in [0.29, 0.717) is 18.8 Å². The van der Waals surface area contributed by atoms with Crippen LogP contribution in [0.3, 0.4) is 0 Å². The van der Waals surface area contributed by atoms with Crippen LogP contribution in [0.25, 0.3) is 0 Å². The highest BCUT2D eigenvalue weighted by atomic mass is 32.2. The largest absolute Gasteiger partial charge is 0.363 e. The van der Waals surface area contributed by atoms with Crippen molar-refractivity contribution in [2.24, 2.45) is 5.73 Å². The van der Waals surface area contributed by atoms with Crippen molar-refractivity contribution in [1.82, 2.24) is 9.71 Å². The zero-order valence-electron chi connectivity index (χ0n) is 9.36. The van der Waals surface area contributed by atoms with E-state index in [0.717, 1.165) is 0 Å². The van der Waals surface area contributed by atoms with Gasteiger partial charge in [-0.15, -0.1) is 0 Å². The minimum atomic E-state index is -3.40. The van der Waals surface area contributed by atoms with Crippen LogP contribution in [0.4, 0.5) is 0 Å². The number of hydrogen-bond donors (Lipinski definition) is 3. The molecule has 1 aromatic heterocycles. The smallest absolute Gasteiger partial charge is 0.242 e. The van der Waals surface area contributed by atoms with E-state index in [1.165, 1.54) is 6.20 Å². The molecule has 1 atom stereocenters. The molecule has 0 aromatic carbocycles. The molecular formula is C9H17N3O2S2. The fourth-order valence-corrected chi connectivity index (χ4v) is 2.59. The van der Waals surface area contributed by atoms with E-state index < -0.39 is 10.0 Å². The Bertz CT molecular complexity index is 428. The first kappa shape index (κ1) is 13.6. The van der Waals surface area contributed by atoms with Crippen LogP contribution in [0, 0.1) is 0 Å². The first-order chi connectivity index (χ1) is 7.49. The number of thioether (sulfide) groups is 1. The molecule has 0 amide bonds. The van der Waals surface area contributed by atoms with Gasteiger partial charge in [0.15, 0.2) is 0 Å². The number of nitrogens with one attached hydrogen (secondary N) is 2. The summed E-state index contributed by atoms with van der Waals surface area (Å²) in [4.78, 5) is 3.05. The lowest BCUT2D eigenvalue weighted by atomic mass is 10.4. The standard InChI is InChI=1S/C9H17N3O2S2/c1-7(15-2)5-12-16(13,14)9-3-8(4-10)11-6-9/h3,6-7,11-12H,4-5,10H2,1-2H3. The Morgan fingerprint density at radius 3 is 2.81 bits per heavy atom. The highest BCUT2D eigenvalue weighted by molar-refractivity contribution is 7.99. The van der Waals surface area contributed by atoms with Crippen LogP contribution in [-0.4, -0.2) is 31.5 Å². The lowest BCUT2D eigenvalue weighted by molar-refractivity contribution is 0.581. The highest BCUT2D eigenvalue weighted by Crippen LogP contribution is 2.11. The normalized spacial score (nSPS) is 13.9. The number of rotatable bonds is 6. The fraction of sp³-hybridized carbons (Fsp3) is 0.556. The van der Waals surface area contributed by atoms with Crippen molar-refractivity contribution < 1.29 is 8.42 Å². The molecule has 7 heteroatoms. The number of sulfonamides is 1. The molecule has 1 aromatic rings. The lowest BCUT2D eigenvalue weighted by Crippen LogP contribution is -2.29. The summed E-state index contributed by atoms with van der Waals surface area (Å²) in [5, 5.41) is 0.252. The molecule has 16 heavy (non-hydrogen) atoms. The second-order valence-electron chi connectivity index (χ2n) is 3.46. The van der Waals surface area contributed by atoms with Crippen molar-refractivity contribution in [3.05, 3.63) is 18.0 Å². The third kappa shape index (κ3) is 3.51. The maximum absolute atomic E-state index is 11.8. The molecule has 92 valence electrons. The van der Waals surface area contributed by atoms with Gasteiger partial charge in [0.25, 0.3) is 0 Å². The van der Waals surface area contributed by atoms with E-state index in [1.54, 1.807) is 17.8 Å². The topological polar surface area (TPSA) is 88.0 Å². The molecule has 0 saturated heterocycles. The summed E-state index contributed by atoms with van der Waals surface area (Å²) in [7, 11) is -3.40. The summed E-state index contributed by atoms with van der Waals surface area (Å²) in [5.41, 5.74) is 6.11. The zero-order valence-corrected chi connectivity index (χ0v) is 11.0. The molecule has 4 N–H and O–H groups in total. The van der Waals surface area contributed by atoms with Gasteiger partial charge >= 0.3 is 0 Å².